The molecule has 1 aliphatic rings. The molecule has 0 aromatic heterocycles. The molecule has 0 radical (unpaired) electrons. The maximum atomic E-state index is 12.7. The second-order valence-corrected chi connectivity index (χ2v) is 15.1. The Morgan fingerprint density at radius 3 is 1.77 bits per heavy atom. The van der Waals surface area contributed by atoms with Crippen LogP contribution in [-0.2, 0) is 38.7 Å². The van der Waals surface area contributed by atoms with Crippen LogP contribution in [0.4, 0.5) is 0 Å². The van der Waals surface area contributed by atoms with Crippen LogP contribution in [0, 0.1) is 0 Å². The third-order valence-electron chi connectivity index (χ3n) is 8.67. The molecular formula is C40H68O12S. The molecule has 1 fully saturated rings. The summed E-state index contributed by atoms with van der Waals surface area (Å²) >= 11 is 0. The maximum absolute atomic E-state index is 12.7. The van der Waals surface area contributed by atoms with Gasteiger partial charge in [-0.05, 0) is 51.4 Å². The van der Waals surface area contributed by atoms with E-state index in [1.807, 2.05) is 0 Å². The van der Waals surface area contributed by atoms with Crippen LogP contribution in [0.1, 0.15) is 136 Å². The normalized spacial score (nSPS) is 21.7. The number of unbranched alkanes of at least 4 members (excludes halogenated alkanes) is 11. The molecule has 1 saturated heterocycles. The third-order valence-corrected chi connectivity index (χ3v) is 9.42. The van der Waals surface area contributed by atoms with E-state index in [2.05, 4.69) is 62.5 Å². The molecular weight excluding hydrogens is 704 g/mol. The molecule has 0 saturated carbocycles. The topological polar surface area (TPSA) is 186 Å². The Morgan fingerprint density at radius 2 is 1.19 bits per heavy atom. The number of rotatable bonds is 31. The first-order chi connectivity index (χ1) is 25.5. The summed E-state index contributed by atoms with van der Waals surface area (Å²) in [6, 6.07) is 0. The number of ether oxygens (including phenoxy) is 4. The van der Waals surface area contributed by atoms with Crippen LogP contribution in [0.5, 0.6) is 0 Å². The lowest BCUT2D eigenvalue weighted by Gasteiger charge is -2.40. The summed E-state index contributed by atoms with van der Waals surface area (Å²) in [4.78, 5) is 25.2. The molecule has 0 aromatic rings. The minimum Gasteiger partial charge on any atom is -0.462 e. The van der Waals surface area contributed by atoms with Crippen molar-refractivity contribution in [2.75, 3.05) is 19.0 Å². The van der Waals surface area contributed by atoms with E-state index in [0.29, 0.717) is 12.8 Å². The van der Waals surface area contributed by atoms with Gasteiger partial charge in [0.15, 0.2) is 12.4 Å². The highest BCUT2D eigenvalue weighted by molar-refractivity contribution is 7.85. The number of carbonyl (C=O) groups is 2. The molecule has 306 valence electrons. The molecule has 0 aromatic carbocycles. The highest BCUT2D eigenvalue weighted by atomic mass is 32.2. The molecule has 0 amide bonds. The van der Waals surface area contributed by atoms with Gasteiger partial charge in [-0.3, -0.25) is 14.1 Å². The fourth-order valence-electron chi connectivity index (χ4n) is 5.61. The van der Waals surface area contributed by atoms with Crippen LogP contribution in [-0.4, -0.2) is 96.0 Å². The lowest BCUT2D eigenvalue weighted by atomic mass is 10.00. The minimum absolute atomic E-state index is 0.112. The average molecular weight is 773 g/mol. The minimum atomic E-state index is -4.60. The van der Waals surface area contributed by atoms with Crippen molar-refractivity contribution in [3.63, 3.8) is 0 Å². The zero-order valence-electron chi connectivity index (χ0n) is 32.1. The van der Waals surface area contributed by atoms with Crippen LogP contribution >= 0.6 is 0 Å². The molecule has 1 aliphatic heterocycles. The fourth-order valence-corrected chi connectivity index (χ4v) is 6.30. The van der Waals surface area contributed by atoms with Crippen molar-refractivity contribution in [2.24, 2.45) is 0 Å². The molecule has 13 heteroatoms. The van der Waals surface area contributed by atoms with Gasteiger partial charge in [0.2, 0.25) is 0 Å². The predicted octanol–water partition coefficient (Wildman–Crippen LogP) is 6.83. The predicted molar refractivity (Wildman–Crippen MR) is 206 cm³/mol. The Bertz CT molecular complexity index is 1180. The first-order valence-electron chi connectivity index (χ1n) is 19.7. The molecule has 0 bridgehead atoms. The fraction of sp³-hybridized carbons (Fsp3) is 0.750. The second kappa shape index (κ2) is 30.9. The van der Waals surface area contributed by atoms with E-state index in [4.69, 9.17) is 18.9 Å². The average Bonchev–Trinajstić information content (AvgIpc) is 3.12. The smallest absolute Gasteiger partial charge is 0.306 e. The van der Waals surface area contributed by atoms with E-state index in [0.717, 1.165) is 57.8 Å². The van der Waals surface area contributed by atoms with Gasteiger partial charge in [0, 0.05) is 12.8 Å². The van der Waals surface area contributed by atoms with Crippen LogP contribution in [0.2, 0.25) is 0 Å². The highest BCUT2D eigenvalue weighted by Gasteiger charge is 2.46. The number of carbonyl (C=O) groups excluding carboxylic acids is 2. The van der Waals surface area contributed by atoms with Crippen molar-refractivity contribution < 1.29 is 56.8 Å². The summed E-state index contributed by atoms with van der Waals surface area (Å²) in [6.45, 7) is 3.56. The van der Waals surface area contributed by atoms with Crippen LogP contribution in [0.25, 0.3) is 0 Å². The summed E-state index contributed by atoms with van der Waals surface area (Å²) in [6.07, 6.45) is 24.6. The molecule has 6 atom stereocenters. The van der Waals surface area contributed by atoms with Gasteiger partial charge in [0.05, 0.1) is 6.61 Å². The van der Waals surface area contributed by atoms with Crippen molar-refractivity contribution in [1.82, 2.24) is 0 Å². The molecule has 0 spiro atoms. The molecule has 0 aliphatic carbocycles. The Balaban J connectivity index is 2.56. The number of hydrogen-bond donors (Lipinski definition) is 4. The van der Waals surface area contributed by atoms with Gasteiger partial charge in [-0.1, -0.05) is 120 Å². The maximum Gasteiger partial charge on any atom is 0.306 e. The molecule has 53 heavy (non-hydrogen) atoms. The van der Waals surface area contributed by atoms with Gasteiger partial charge in [0.25, 0.3) is 10.1 Å². The van der Waals surface area contributed by atoms with Gasteiger partial charge >= 0.3 is 11.9 Å². The van der Waals surface area contributed by atoms with Gasteiger partial charge in [-0.25, -0.2) is 0 Å². The zero-order valence-corrected chi connectivity index (χ0v) is 32.9. The summed E-state index contributed by atoms with van der Waals surface area (Å²) in [7, 11) is -4.60. The van der Waals surface area contributed by atoms with Gasteiger partial charge in [-0.2, -0.15) is 8.42 Å². The van der Waals surface area contributed by atoms with Gasteiger partial charge < -0.3 is 34.3 Å². The summed E-state index contributed by atoms with van der Waals surface area (Å²) in [5, 5.41) is 30.7. The van der Waals surface area contributed by atoms with E-state index < -0.39 is 71.2 Å². The number of esters is 2. The Labute approximate surface area is 318 Å². The summed E-state index contributed by atoms with van der Waals surface area (Å²) in [5.41, 5.74) is 0. The lowest BCUT2D eigenvalue weighted by Crippen LogP contribution is -2.60. The summed E-state index contributed by atoms with van der Waals surface area (Å²) in [5.74, 6) is -2.04. The van der Waals surface area contributed by atoms with Crippen molar-refractivity contribution >= 4 is 22.1 Å². The van der Waals surface area contributed by atoms with Crippen molar-refractivity contribution in [1.29, 1.82) is 0 Å². The van der Waals surface area contributed by atoms with E-state index in [1.54, 1.807) is 0 Å². The molecule has 2 unspecified atom stereocenters. The summed E-state index contributed by atoms with van der Waals surface area (Å²) < 4.78 is 53.8. The Kier molecular flexibility index (Phi) is 28.3. The van der Waals surface area contributed by atoms with Crippen LogP contribution in [0.15, 0.2) is 48.6 Å². The first kappa shape index (κ1) is 48.6. The van der Waals surface area contributed by atoms with Crippen LogP contribution < -0.4 is 0 Å². The second-order valence-electron chi connectivity index (χ2n) is 13.6. The highest BCUT2D eigenvalue weighted by Crippen LogP contribution is 2.24. The Hall–Kier alpha value is -2.39. The monoisotopic (exact) mass is 772 g/mol. The Morgan fingerprint density at radius 1 is 0.660 bits per heavy atom. The van der Waals surface area contributed by atoms with E-state index in [-0.39, 0.29) is 19.4 Å². The van der Waals surface area contributed by atoms with E-state index in [1.165, 1.54) is 38.5 Å². The van der Waals surface area contributed by atoms with Gasteiger partial charge in [-0.15, -0.1) is 0 Å². The van der Waals surface area contributed by atoms with Gasteiger partial charge in [0.1, 0.15) is 36.8 Å². The molecule has 1 heterocycles. The number of aliphatic hydroxyl groups excluding tert-OH is 3. The van der Waals surface area contributed by atoms with Crippen LogP contribution in [0.3, 0.4) is 0 Å². The standard InChI is InChI=1S/C40H68O12S/c1-3-5-7-9-11-13-15-16-17-18-19-21-23-25-27-29-36(42)51-33(30-49-35(41)28-26-24-22-20-14-12-10-8-6-4-2)31-50-40-39(45)38(44)37(43)34(52-40)32-53(46,47)48/h5,7,11,13,16-17,19,21,33-34,37-40,43-45H,3-4,6,8-10,12,14-15,18,20,22-32H2,1-2H3,(H,46,47,48)/b7-5+,13-11+,17-16+,21-19+/t33-,34-,37-,38?,39?,40+/m1/s1. The number of aliphatic hydroxyl groups is 3. The number of hydrogen-bond acceptors (Lipinski definition) is 11. The molecule has 1 rings (SSSR count). The van der Waals surface area contributed by atoms with Crippen molar-refractivity contribution in [3.05, 3.63) is 48.6 Å². The van der Waals surface area contributed by atoms with Crippen molar-refractivity contribution in [3.8, 4) is 0 Å². The van der Waals surface area contributed by atoms with Crippen molar-refractivity contribution in [2.45, 2.75) is 173 Å². The number of allylic oxidation sites excluding steroid dienone is 8. The molecule has 12 nitrogen and oxygen atoms in total. The SMILES string of the molecule is CC/C=C/C/C=C/C/C=C/C/C=C/CCCCC(=O)O[C@H](COC(=O)CCCCCCCCCCCC)CO[C@H]1O[C@H](CS(=O)(=O)O)[C@@H](O)C(O)C1O. The first-order valence-corrected chi connectivity index (χ1v) is 21.3. The van der Waals surface area contributed by atoms with E-state index in [9.17, 15) is 37.9 Å². The zero-order chi connectivity index (χ0) is 39.2. The van der Waals surface area contributed by atoms with E-state index >= 15 is 0 Å². The lowest BCUT2D eigenvalue weighted by molar-refractivity contribution is -0.297. The molecule has 4 N–H and O–H groups in total. The largest absolute Gasteiger partial charge is 0.462 e. The quantitative estimate of drug-likeness (QED) is 0.0250. The third kappa shape index (κ3) is 26.1.